The smallest absolute Gasteiger partial charge is 0.130 e. The van der Waals surface area contributed by atoms with Crippen molar-refractivity contribution < 1.29 is 4.74 Å². The third-order valence-corrected chi connectivity index (χ3v) is 4.08. The van der Waals surface area contributed by atoms with E-state index in [2.05, 4.69) is 69.4 Å². The Morgan fingerprint density at radius 2 is 2.24 bits per heavy atom. The second kappa shape index (κ2) is 5.77. The van der Waals surface area contributed by atoms with E-state index >= 15 is 0 Å². The van der Waals surface area contributed by atoms with Crippen LogP contribution in [0.1, 0.15) is 43.7 Å². The highest BCUT2D eigenvalue weighted by Crippen LogP contribution is 2.47. The summed E-state index contributed by atoms with van der Waals surface area (Å²) in [4.78, 5) is 0. The molecule has 0 saturated carbocycles. The highest BCUT2D eigenvalue weighted by Gasteiger charge is 2.33. The zero-order chi connectivity index (χ0) is 14.8. The van der Waals surface area contributed by atoms with E-state index < -0.39 is 0 Å². The Morgan fingerprint density at radius 1 is 1.38 bits per heavy atom. The van der Waals surface area contributed by atoms with Crippen LogP contribution < -0.4 is 4.74 Å². The van der Waals surface area contributed by atoms with Gasteiger partial charge in [0.05, 0.1) is 0 Å². The predicted octanol–water partition coefficient (Wildman–Crippen LogP) is 5.60. The van der Waals surface area contributed by atoms with Gasteiger partial charge in [0.25, 0.3) is 0 Å². The molecule has 1 heterocycles. The molecule has 1 nitrogen and oxygen atoms in total. The Hall–Kier alpha value is -2.02. The van der Waals surface area contributed by atoms with Gasteiger partial charge in [0, 0.05) is 17.1 Å². The van der Waals surface area contributed by atoms with Gasteiger partial charge in [-0.3, -0.25) is 0 Å². The van der Waals surface area contributed by atoms with Crippen LogP contribution >= 0.6 is 0 Å². The van der Waals surface area contributed by atoms with Crippen molar-refractivity contribution in [2.24, 2.45) is 0 Å². The Labute approximate surface area is 127 Å². The Balaban J connectivity index is 2.09. The zero-order valence-corrected chi connectivity index (χ0v) is 13.0. The van der Waals surface area contributed by atoms with E-state index in [0.717, 1.165) is 24.4 Å². The fourth-order valence-corrected chi connectivity index (χ4v) is 3.15. The number of fused-ring (bicyclic) bond motifs is 3. The van der Waals surface area contributed by atoms with Crippen LogP contribution in [0.25, 0.3) is 0 Å². The first-order chi connectivity index (χ1) is 10.2. The van der Waals surface area contributed by atoms with E-state index in [-0.39, 0.29) is 0 Å². The predicted molar refractivity (Wildman–Crippen MR) is 88.5 cm³/mol. The summed E-state index contributed by atoms with van der Waals surface area (Å²) in [6.07, 6.45) is 13.1. The maximum Gasteiger partial charge on any atom is 0.130 e. The molecule has 1 aromatic carbocycles. The van der Waals surface area contributed by atoms with Crippen LogP contribution in [-0.2, 0) is 0 Å². The molecule has 0 saturated heterocycles. The summed E-state index contributed by atoms with van der Waals surface area (Å²) in [5, 5.41) is 0. The van der Waals surface area contributed by atoms with Crippen molar-refractivity contribution >= 4 is 0 Å². The molecule has 2 aliphatic rings. The standard InChI is InChI=1S/C20H22O/c1-4-7-15(8-5-2)16-9-6-10-17-18-13-14(3)11-12-19(18)21-20(16)17/h4,6-9,11-13,17H,5,10H2,1-3H3/b7-4-,15-8+. The van der Waals surface area contributed by atoms with Gasteiger partial charge in [-0.15, -0.1) is 0 Å². The number of benzene rings is 1. The molecule has 3 rings (SSSR count). The highest BCUT2D eigenvalue weighted by molar-refractivity contribution is 5.58. The summed E-state index contributed by atoms with van der Waals surface area (Å²) in [6.45, 7) is 6.38. The molecule has 1 aliphatic heterocycles. The van der Waals surface area contributed by atoms with Crippen molar-refractivity contribution in [3.8, 4) is 5.75 Å². The van der Waals surface area contributed by atoms with Gasteiger partial charge in [-0.25, -0.2) is 0 Å². The normalized spacial score (nSPS) is 20.7. The van der Waals surface area contributed by atoms with Crippen LogP contribution in [-0.4, -0.2) is 0 Å². The minimum atomic E-state index is 0.380. The van der Waals surface area contributed by atoms with Gasteiger partial charge in [0.1, 0.15) is 11.5 Å². The topological polar surface area (TPSA) is 9.23 Å². The van der Waals surface area contributed by atoms with Gasteiger partial charge in [0.15, 0.2) is 0 Å². The third kappa shape index (κ3) is 2.49. The summed E-state index contributed by atoms with van der Waals surface area (Å²) in [5.74, 6) is 2.53. The number of hydrogen-bond donors (Lipinski definition) is 0. The molecule has 0 N–H and O–H groups in total. The van der Waals surface area contributed by atoms with Crippen molar-refractivity contribution in [1.29, 1.82) is 0 Å². The first-order valence-electron chi connectivity index (χ1n) is 7.77. The fourth-order valence-electron chi connectivity index (χ4n) is 3.15. The number of hydrogen-bond acceptors (Lipinski definition) is 1. The second-order valence-corrected chi connectivity index (χ2v) is 5.68. The van der Waals surface area contributed by atoms with Crippen LogP contribution in [0.5, 0.6) is 5.75 Å². The van der Waals surface area contributed by atoms with E-state index in [9.17, 15) is 0 Å². The molecular weight excluding hydrogens is 256 g/mol. The molecule has 0 bridgehead atoms. The first-order valence-corrected chi connectivity index (χ1v) is 7.77. The van der Waals surface area contributed by atoms with Gasteiger partial charge in [-0.2, -0.15) is 0 Å². The SMILES string of the molecule is C/C=C\C(=C/CC)C1=C2Oc3ccc(C)cc3C2CC=C1. The number of ether oxygens (including phenoxy) is 1. The van der Waals surface area contributed by atoms with E-state index in [0.29, 0.717) is 5.92 Å². The van der Waals surface area contributed by atoms with Gasteiger partial charge in [0.2, 0.25) is 0 Å². The lowest BCUT2D eigenvalue weighted by atomic mass is 9.86. The van der Waals surface area contributed by atoms with Gasteiger partial charge >= 0.3 is 0 Å². The van der Waals surface area contributed by atoms with E-state index in [1.807, 2.05) is 0 Å². The largest absolute Gasteiger partial charge is 0.460 e. The maximum absolute atomic E-state index is 6.21. The summed E-state index contributed by atoms with van der Waals surface area (Å²) in [6, 6.07) is 6.49. The van der Waals surface area contributed by atoms with Crippen molar-refractivity contribution in [3.05, 3.63) is 76.6 Å². The Kier molecular flexibility index (Phi) is 3.83. The molecule has 0 radical (unpaired) electrons. The Bertz CT molecular complexity index is 671. The summed E-state index contributed by atoms with van der Waals surface area (Å²) < 4.78 is 6.21. The molecule has 1 aliphatic carbocycles. The van der Waals surface area contributed by atoms with Crippen molar-refractivity contribution in [1.82, 2.24) is 0 Å². The van der Waals surface area contributed by atoms with Gasteiger partial charge in [-0.05, 0) is 38.3 Å². The average Bonchev–Trinajstić information content (AvgIpc) is 2.85. The van der Waals surface area contributed by atoms with E-state index in [1.54, 1.807) is 0 Å². The van der Waals surface area contributed by atoms with Gasteiger partial charge in [-0.1, -0.05) is 55.0 Å². The van der Waals surface area contributed by atoms with Crippen LogP contribution in [0.15, 0.2) is 65.5 Å². The fraction of sp³-hybridized carbons (Fsp3) is 0.300. The number of rotatable bonds is 3. The minimum absolute atomic E-state index is 0.380. The lowest BCUT2D eigenvalue weighted by molar-refractivity contribution is 0.421. The summed E-state index contributed by atoms with van der Waals surface area (Å²) in [7, 11) is 0. The molecule has 1 unspecified atom stereocenters. The molecule has 108 valence electrons. The van der Waals surface area contributed by atoms with Crippen molar-refractivity contribution in [2.45, 2.75) is 39.5 Å². The lowest BCUT2D eigenvalue weighted by Gasteiger charge is -2.18. The zero-order valence-electron chi connectivity index (χ0n) is 13.0. The Morgan fingerprint density at radius 3 is 3.00 bits per heavy atom. The average molecular weight is 278 g/mol. The first kappa shape index (κ1) is 13.9. The van der Waals surface area contributed by atoms with Gasteiger partial charge < -0.3 is 4.74 Å². The number of aryl methyl sites for hydroxylation is 1. The molecule has 21 heavy (non-hydrogen) atoms. The molecule has 0 aromatic heterocycles. The molecular formula is C20H22O. The molecule has 0 fully saturated rings. The van der Waals surface area contributed by atoms with Crippen LogP contribution in [0, 0.1) is 6.92 Å². The van der Waals surface area contributed by atoms with Crippen LogP contribution in [0.4, 0.5) is 0 Å². The number of allylic oxidation sites excluding steroid dienone is 8. The molecule has 0 amide bonds. The van der Waals surface area contributed by atoms with Crippen LogP contribution in [0.2, 0.25) is 0 Å². The van der Waals surface area contributed by atoms with E-state index in [4.69, 9.17) is 4.74 Å². The molecule has 1 aromatic rings. The third-order valence-electron chi connectivity index (χ3n) is 4.08. The summed E-state index contributed by atoms with van der Waals surface area (Å²) >= 11 is 0. The highest BCUT2D eigenvalue weighted by atomic mass is 16.5. The van der Waals surface area contributed by atoms with Crippen LogP contribution in [0.3, 0.4) is 0 Å². The minimum Gasteiger partial charge on any atom is -0.460 e. The lowest BCUT2D eigenvalue weighted by Crippen LogP contribution is -2.06. The summed E-state index contributed by atoms with van der Waals surface area (Å²) in [5.41, 5.74) is 5.14. The molecule has 1 heteroatoms. The van der Waals surface area contributed by atoms with Crippen molar-refractivity contribution in [2.75, 3.05) is 0 Å². The van der Waals surface area contributed by atoms with E-state index in [1.165, 1.54) is 22.3 Å². The van der Waals surface area contributed by atoms with Crippen molar-refractivity contribution in [3.63, 3.8) is 0 Å². The monoisotopic (exact) mass is 278 g/mol. The maximum atomic E-state index is 6.21. The second-order valence-electron chi connectivity index (χ2n) is 5.68. The molecule has 0 spiro atoms. The quantitative estimate of drug-likeness (QED) is 0.654. The molecule has 1 atom stereocenters.